The van der Waals surface area contributed by atoms with E-state index >= 15 is 0 Å². The first-order chi connectivity index (χ1) is 18.0. The Balaban J connectivity index is 1.52. The highest BCUT2D eigenvalue weighted by Crippen LogP contribution is 2.40. The normalized spacial score (nSPS) is 17.5. The fraction of sp³-hybridized carbons (Fsp3) is 0.452. The van der Waals surface area contributed by atoms with Gasteiger partial charge in [0.05, 0.1) is 6.04 Å². The molecule has 5 rings (SSSR count). The van der Waals surface area contributed by atoms with Crippen molar-refractivity contribution in [1.82, 2.24) is 19.8 Å². The second-order valence-electron chi connectivity index (χ2n) is 11.7. The van der Waals surface area contributed by atoms with Crippen LogP contribution in [0.15, 0.2) is 36.5 Å². The van der Waals surface area contributed by atoms with Gasteiger partial charge >= 0.3 is 6.09 Å². The Hall–Kier alpha value is -3.61. The number of aryl methyl sites for hydroxylation is 3. The Bertz CT molecular complexity index is 1360. The maximum absolute atomic E-state index is 13.5. The number of amides is 2. The van der Waals surface area contributed by atoms with E-state index in [0.29, 0.717) is 25.2 Å². The lowest BCUT2D eigenvalue weighted by Crippen LogP contribution is -2.38. The lowest BCUT2D eigenvalue weighted by Gasteiger charge is -2.34. The van der Waals surface area contributed by atoms with Gasteiger partial charge in [-0.3, -0.25) is 9.78 Å². The molecule has 7 heteroatoms. The summed E-state index contributed by atoms with van der Waals surface area (Å²) in [6.45, 7) is 13.5. The summed E-state index contributed by atoms with van der Waals surface area (Å²) in [7, 11) is 0. The second kappa shape index (κ2) is 9.93. The number of aromatic amines is 1. The molecule has 2 aromatic heterocycles. The standard InChI is InChI=1S/C31H38N4O3/c1-19-12-27(32-17-19)22-15-24-18-34(29(36)23-13-20(2)33-21(3)14-23)11-9-25(24)26(16-22)28-8-7-10-35(28)30(37)38-31(4,5)6/h12-17,28,32H,7-11,18H2,1-6H3. The number of hydrogen-bond donors (Lipinski definition) is 1. The number of H-pyrrole nitrogens is 1. The number of nitrogens with zero attached hydrogens (tertiary/aromatic N) is 3. The highest BCUT2D eigenvalue weighted by Gasteiger charge is 2.36. The molecule has 1 atom stereocenters. The number of nitrogens with one attached hydrogen (secondary N) is 1. The smallest absolute Gasteiger partial charge is 0.410 e. The molecule has 1 N–H and O–H groups in total. The lowest BCUT2D eigenvalue weighted by molar-refractivity contribution is 0.0223. The molecular formula is C31H38N4O3. The average Bonchev–Trinajstić information content (AvgIpc) is 3.50. The largest absolute Gasteiger partial charge is 0.444 e. The number of pyridine rings is 1. The number of carbonyl (C=O) groups excluding carboxylic acids is 2. The number of rotatable bonds is 3. The van der Waals surface area contributed by atoms with Crippen molar-refractivity contribution in [3.8, 4) is 11.3 Å². The topological polar surface area (TPSA) is 78.5 Å². The SMILES string of the molecule is Cc1c[nH]c(-c2cc3c(c(C4CCCN4C(=O)OC(C)(C)C)c2)CCN(C(=O)c2cc(C)nc(C)c2)C3)c1. The predicted octanol–water partition coefficient (Wildman–Crippen LogP) is 6.27. The highest BCUT2D eigenvalue weighted by molar-refractivity contribution is 5.94. The van der Waals surface area contributed by atoms with Crippen LogP contribution in [0, 0.1) is 20.8 Å². The minimum Gasteiger partial charge on any atom is -0.444 e. The zero-order valence-corrected chi connectivity index (χ0v) is 23.4. The van der Waals surface area contributed by atoms with E-state index in [-0.39, 0.29) is 18.0 Å². The Morgan fingerprint density at radius 3 is 2.42 bits per heavy atom. The summed E-state index contributed by atoms with van der Waals surface area (Å²) in [4.78, 5) is 38.3. The van der Waals surface area contributed by atoms with Crippen LogP contribution in [-0.4, -0.2) is 50.5 Å². The summed E-state index contributed by atoms with van der Waals surface area (Å²) in [5, 5.41) is 0. The number of benzene rings is 1. The van der Waals surface area contributed by atoms with Gasteiger partial charge < -0.3 is 19.5 Å². The number of carbonyl (C=O) groups is 2. The van der Waals surface area contributed by atoms with Crippen molar-refractivity contribution in [2.24, 2.45) is 0 Å². The third-order valence-electron chi connectivity index (χ3n) is 7.36. The van der Waals surface area contributed by atoms with Crippen LogP contribution >= 0.6 is 0 Å². The van der Waals surface area contributed by atoms with Crippen LogP contribution in [0.4, 0.5) is 4.79 Å². The van der Waals surface area contributed by atoms with E-state index < -0.39 is 5.60 Å². The molecule has 7 nitrogen and oxygen atoms in total. The molecule has 1 saturated heterocycles. The van der Waals surface area contributed by atoms with E-state index in [0.717, 1.165) is 53.0 Å². The molecule has 200 valence electrons. The van der Waals surface area contributed by atoms with Gasteiger partial charge in [-0.25, -0.2) is 4.79 Å². The van der Waals surface area contributed by atoms with Crippen molar-refractivity contribution in [2.45, 2.75) is 79.0 Å². The molecule has 2 aliphatic heterocycles. The summed E-state index contributed by atoms with van der Waals surface area (Å²) in [6, 6.07) is 10.3. The van der Waals surface area contributed by atoms with E-state index in [9.17, 15) is 9.59 Å². The molecule has 1 aromatic carbocycles. The lowest BCUT2D eigenvalue weighted by atomic mass is 9.87. The van der Waals surface area contributed by atoms with Crippen LogP contribution < -0.4 is 0 Å². The zero-order valence-electron chi connectivity index (χ0n) is 23.4. The molecule has 0 spiro atoms. The van der Waals surface area contributed by atoms with Crippen LogP contribution in [0.1, 0.15) is 83.7 Å². The Labute approximate surface area is 225 Å². The highest BCUT2D eigenvalue weighted by atomic mass is 16.6. The van der Waals surface area contributed by atoms with E-state index in [1.165, 1.54) is 11.1 Å². The molecule has 0 aliphatic carbocycles. The quantitative estimate of drug-likeness (QED) is 0.447. The third kappa shape index (κ3) is 5.33. The van der Waals surface area contributed by atoms with Crippen molar-refractivity contribution in [3.05, 3.63) is 75.7 Å². The molecule has 38 heavy (non-hydrogen) atoms. The van der Waals surface area contributed by atoms with Gasteiger partial charge in [0.2, 0.25) is 0 Å². The number of aromatic nitrogens is 2. The summed E-state index contributed by atoms with van der Waals surface area (Å²) in [5.41, 5.74) is 8.68. The number of fused-ring (bicyclic) bond motifs is 1. The predicted molar refractivity (Wildman–Crippen MR) is 148 cm³/mol. The average molecular weight is 515 g/mol. The van der Waals surface area contributed by atoms with Crippen LogP contribution in [0.2, 0.25) is 0 Å². The summed E-state index contributed by atoms with van der Waals surface area (Å²) >= 11 is 0. The Kier molecular flexibility index (Phi) is 6.80. The second-order valence-corrected chi connectivity index (χ2v) is 11.7. The Morgan fingerprint density at radius 2 is 1.76 bits per heavy atom. The molecule has 2 aliphatic rings. The van der Waals surface area contributed by atoms with Crippen molar-refractivity contribution in [3.63, 3.8) is 0 Å². The van der Waals surface area contributed by atoms with Crippen molar-refractivity contribution in [1.29, 1.82) is 0 Å². The fourth-order valence-electron chi connectivity index (χ4n) is 5.80. The summed E-state index contributed by atoms with van der Waals surface area (Å²) in [6.07, 6.45) is 4.33. The summed E-state index contributed by atoms with van der Waals surface area (Å²) in [5.74, 6) is 0.0307. The van der Waals surface area contributed by atoms with Gasteiger partial charge in [0.15, 0.2) is 0 Å². The molecule has 2 amide bonds. The minimum absolute atomic E-state index is 0.0307. The maximum Gasteiger partial charge on any atom is 0.410 e. The van der Waals surface area contributed by atoms with Crippen molar-refractivity contribution >= 4 is 12.0 Å². The van der Waals surface area contributed by atoms with E-state index in [2.05, 4.69) is 35.1 Å². The van der Waals surface area contributed by atoms with Crippen LogP contribution in [0.5, 0.6) is 0 Å². The number of ether oxygens (including phenoxy) is 1. The summed E-state index contributed by atoms with van der Waals surface area (Å²) < 4.78 is 5.78. The third-order valence-corrected chi connectivity index (χ3v) is 7.36. The Morgan fingerprint density at radius 1 is 1.03 bits per heavy atom. The van der Waals surface area contributed by atoms with Gasteiger partial charge in [0.25, 0.3) is 5.91 Å². The van der Waals surface area contributed by atoms with Gasteiger partial charge in [-0.2, -0.15) is 0 Å². The molecule has 1 fully saturated rings. The van der Waals surface area contributed by atoms with Gasteiger partial charge in [-0.1, -0.05) is 0 Å². The first-order valence-electron chi connectivity index (χ1n) is 13.5. The van der Waals surface area contributed by atoms with Gasteiger partial charge in [0, 0.05) is 48.5 Å². The number of likely N-dealkylation sites (tertiary alicyclic amines) is 1. The van der Waals surface area contributed by atoms with Gasteiger partial charge in [-0.05, 0) is 119 Å². The fourth-order valence-corrected chi connectivity index (χ4v) is 5.80. The molecule has 3 aromatic rings. The van der Waals surface area contributed by atoms with E-state index in [1.54, 1.807) is 0 Å². The molecule has 0 radical (unpaired) electrons. The first-order valence-corrected chi connectivity index (χ1v) is 13.5. The van der Waals surface area contributed by atoms with E-state index in [4.69, 9.17) is 4.74 Å². The molecule has 0 bridgehead atoms. The van der Waals surface area contributed by atoms with Crippen molar-refractivity contribution < 1.29 is 14.3 Å². The van der Waals surface area contributed by atoms with Gasteiger partial charge in [-0.15, -0.1) is 0 Å². The van der Waals surface area contributed by atoms with E-state index in [1.807, 2.05) is 62.7 Å². The van der Waals surface area contributed by atoms with Gasteiger partial charge in [0.1, 0.15) is 5.60 Å². The van der Waals surface area contributed by atoms with Crippen LogP contribution in [0.3, 0.4) is 0 Å². The molecule has 4 heterocycles. The number of hydrogen-bond acceptors (Lipinski definition) is 4. The molecule has 1 unspecified atom stereocenters. The zero-order chi connectivity index (χ0) is 27.2. The van der Waals surface area contributed by atoms with Crippen molar-refractivity contribution in [2.75, 3.05) is 13.1 Å². The molecular weight excluding hydrogens is 476 g/mol. The molecule has 0 saturated carbocycles. The minimum atomic E-state index is -0.544. The first kappa shape index (κ1) is 26.0. The monoisotopic (exact) mass is 514 g/mol. The van der Waals surface area contributed by atoms with Crippen LogP contribution in [0.25, 0.3) is 11.3 Å². The van der Waals surface area contributed by atoms with Crippen LogP contribution in [-0.2, 0) is 17.7 Å². The maximum atomic E-state index is 13.5.